The number of nitrogens with zero attached hydrogens (tertiary/aromatic N) is 1. The smallest absolute Gasteiger partial charge is 0.343 e. The molecule has 2 aromatic carbocycles. The van der Waals surface area contributed by atoms with Crippen LogP contribution in [0, 0.1) is 6.92 Å². The molecule has 5 nitrogen and oxygen atoms in total. The second-order valence-corrected chi connectivity index (χ2v) is 8.23. The number of para-hydroxylation sites is 2. The van der Waals surface area contributed by atoms with Crippen molar-refractivity contribution in [2.24, 2.45) is 0 Å². The lowest BCUT2D eigenvalue weighted by atomic mass is 9.98. The average Bonchev–Trinajstić information content (AvgIpc) is 2.99. The summed E-state index contributed by atoms with van der Waals surface area (Å²) in [7, 11) is 0. The summed E-state index contributed by atoms with van der Waals surface area (Å²) in [5, 5.41) is 19.8. The van der Waals surface area contributed by atoms with E-state index in [4.69, 9.17) is 0 Å². The number of rotatable bonds is 8. The highest BCUT2D eigenvalue weighted by Gasteiger charge is 2.25. The van der Waals surface area contributed by atoms with Gasteiger partial charge in [-0.15, -0.1) is 11.8 Å². The second kappa shape index (κ2) is 9.22. The summed E-state index contributed by atoms with van der Waals surface area (Å²) >= 11 is 1.80. The Hall–Kier alpha value is -2.99. The van der Waals surface area contributed by atoms with Crippen molar-refractivity contribution in [3.63, 3.8) is 0 Å². The van der Waals surface area contributed by atoms with Crippen LogP contribution in [0.1, 0.15) is 37.9 Å². The maximum Gasteiger partial charge on any atom is 0.343 e. The van der Waals surface area contributed by atoms with E-state index in [2.05, 4.69) is 17.6 Å². The maximum absolute atomic E-state index is 11.6. The van der Waals surface area contributed by atoms with Crippen LogP contribution in [0.15, 0.2) is 59.0 Å². The van der Waals surface area contributed by atoms with Crippen LogP contribution in [0.5, 0.6) is 0 Å². The zero-order chi connectivity index (χ0) is 21.8. The molecule has 0 amide bonds. The third-order valence-electron chi connectivity index (χ3n) is 5.15. The van der Waals surface area contributed by atoms with Gasteiger partial charge in [0.1, 0.15) is 5.57 Å². The van der Waals surface area contributed by atoms with Crippen LogP contribution >= 0.6 is 11.8 Å². The molecule has 6 heteroatoms. The summed E-state index contributed by atoms with van der Waals surface area (Å²) in [6.45, 7) is 5.65. The number of thioether (sulfide) groups is 1. The fourth-order valence-corrected chi connectivity index (χ4v) is 4.91. The Bertz CT molecular complexity index is 1130. The lowest BCUT2D eigenvalue weighted by Crippen LogP contribution is -2.13. The predicted molar refractivity (Wildman–Crippen MR) is 122 cm³/mol. The van der Waals surface area contributed by atoms with Gasteiger partial charge in [-0.1, -0.05) is 43.7 Å². The highest BCUT2D eigenvalue weighted by Crippen LogP contribution is 2.37. The van der Waals surface area contributed by atoms with Gasteiger partial charge >= 0.3 is 11.9 Å². The first-order valence-corrected chi connectivity index (χ1v) is 10.9. The van der Waals surface area contributed by atoms with E-state index in [9.17, 15) is 19.8 Å². The van der Waals surface area contributed by atoms with E-state index in [1.165, 1.54) is 0 Å². The number of hydrogen-bond donors (Lipinski definition) is 2. The SMILES string of the molecule is CCCCSc1ccccc1-n1c(C)c(C(C)=C(C(=O)O)C(=O)O)c2ccccc21. The molecule has 3 rings (SSSR count). The summed E-state index contributed by atoms with van der Waals surface area (Å²) < 4.78 is 2.10. The predicted octanol–water partition coefficient (Wildman–Crippen LogP) is 5.77. The summed E-state index contributed by atoms with van der Waals surface area (Å²) in [6, 6.07) is 15.8. The lowest BCUT2D eigenvalue weighted by molar-refractivity contribution is -0.140. The molecule has 0 aliphatic heterocycles. The Morgan fingerprint density at radius 3 is 2.30 bits per heavy atom. The molecule has 0 saturated carbocycles. The van der Waals surface area contributed by atoms with Crippen molar-refractivity contribution in [1.29, 1.82) is 0 Å². The van der Waals surface area contributed by atoms with Crippen molar-refractivity contribution in [2.45, 2.75) is 38.5 Å². The van der Waals surface area contributed by atoms with Gasteiger partial charge in [0, 0.05) is 21.5 Å². The first-order valence-electron chi connectivity index (χ1n) is 9.88. The average molecular weight is 424 g/mol. The van der Waals surface area contributed by atoms with Crippen molar-refractivity contribution < 1.29 is 19.8 Å². The summed E-state index contributed by atoms with van der Waals surface area (Å²) in [4.78, 5) is 24.4. The van der Waals surface area contributed by atoms with Crippen LogP contribution in [0.2, 0.25) is 0 Å². The molecule has 1 aromatic heterocycles. The van der Waals surface area contributed by atoms with E-state index in [1.807, 2.05) is 49.4 Å². The molecule has 0 aliphatic rings. The lowest BCUT2D eigenvalue weighted by Gasteiger charge is -2.14. The molecule has 0 bridgehead atoms. The number of allylic oxidation sites excluding steroid dienone is 1. The van der Waals surface area contributed by atoms with Crippen LogP contribution in [-0.4, -0.2) is 32.5 Å². The molecule has 0 fully saturated rings. The van der Waals surface area contributed by atoms with Gasteiger partial charge in [0.05, 0.1) is 11.2 Å². The number of aromatic nitrogens is 1. The molecule has 2 N–H and O–H groups in total. The quantitative estimate of drug-likeness (QED) is 0.158. The van der Waals surface area contributed by atoms with E-state index in [0.29, 0.717) is 5.56 Å². The Morgan fingerprint density at radius 1 is 1.00 bits per heavy atom. The Morgan fingerprint density at radius 2 is 1.63 bits per heavy atom. The highest BCUT2D eigenvalue weighted by atomic mass is 32.2. The fraction of sp³-hybridized carbons (Fsp3) is 0.250. The minimum Gasteiger partial charge on any atom is -0.477 e. The second-order valence-electron chi connectivity index (χ2n) is 7.09. The van der Waals surface area contributed by atoms with Gasteiger partial charge in [-0.05, 0) is 49.8 Å². The van der Waals surface area contributed by atoms with Gasteiger partial charge in [-0.2, -0.15) is 0 Å². The molecule has 0 saturated heterocycles. The molecule has 0 atom stereocenters. The third kappa shape index (κ3) is 4.00. The largest absolute Gasteiger partial charge is 0.477 e. The summed E-state index contributed by atoms with van der Waals surface area (Å²) in [6.07, 6.45) is 2.25. The number of benzene rings is 2. The van der Waals surface area contributed by atoms with Gasteiger partial charge < -0.3 is 14.8 Å². The molecule has 0 aliphatic carbocycles. The Labute approximate surface area is 180 Å². The van der Waals surface area contributed by atoms with Crippen LogP contribution in [-0.2, 0) is 9.59 Å². The number of carbonyl (C=O) groups is 2. The molecule has 0 unspecified atom stereocenters. The summed E-state index contributed by atoms with van der Waals surface area (Å²) in [5.74, 6) is -1.86. The highest BCUT2D eigenvalue weighted by molar-refractivity contribution is 7.99. The van der Waals surface area contributed by atoms with Gasteiger partial charge in [-0.25, -0.2) is 9.59 Å². The summed E-state index contributed by atoms with van der Waals surface area (Å²) in [5.41, 5.74) is 3.04. The van der Waals surface area contributed by atoms with E-state index < -0.39 is 17.5 Å². The minimum atomic E-state index is -1.44. The molecule has 156 valence electrons. The van der Waals surface area contributed by atoms with Gasteiger partial charge in [-0.3, -0.25) is 0 Å². The topological polar surface area (TPSA) is 79.5 Å². The van der Waals surface area contributed by atoms with Crippen LogP contribution in [0.25, 0.3) is 22.2 Å². The van der Waals surface area contributed by atoms with E-state index in [0.717, 1.165) is 45.8 Å². The normalized spacial score (nSPS) is 10.9. The van der Waals surface area contributed by atoms with Gasteiger partial charge in [0.25, 0.3) is 0 Å². The van der Waals surface area contributed by atoms with Crippen molar-refractivity contribution in [3.8, 4) is 5.69 Å². The Balaban J connectivity index is 2.31. The van der Waals surface area contributed by atoms with Gasteiger partial charge in [0.15, 0.2) is 0 Å². The monoisotopic (exact) mass is 423 g/mol. The number of fused-ring (bicyclic) bond motifs is 1. The standard InChI is InChI=1S/C24H25NO4S/c1-4-5-14-30-20-13-9-8-12-19(20)25-16(3)21(17-10-6-7-11-18(17)25)15(2)22(23(26)27)24(28)29/h6-13H,4-5,14H2,1-3H3,(H,26,27)(H,28,29). The van der Waals surface area contributed by atoms with Gasteiger partial charge in [0.2, 0.25) is 0 Å². The van der Waals surface area contributed by atoms with Crippen molar-refractivity contribution in [1.82, 2.24) is 4.57 Å². The number of unbranched alkanes of at least 4 members (excludes halogenated alkanes) is 1. The van der Waals surface area contributed by atoms with E-state index in [-0.39, 0.29) is 5.57 Å². The molecule has 1 heterocycles. The molecular weight excluding hydrogens is 398 g/mol. The number of carboxylic acid groups (broad SMARTS) is 2. The zero-order valence-corrected chi connectivity index (χ0v) is 18.1. The number of carboxylic acids is 2. The maximum atomic E-state index is 11.6. The fourth-order valence-electron chi connectivity index (χ4n) is 3.78. The molecule has 0 spiro atoms. The van der Waals surface area contributed by atoms with Crippen LogP contribution in [0.3, 0.4) is 0 Å². The van der Waals surface area contributed by atoms with E-state index >= 15 is 0 Å². The number of hydrogen-bond acceptors (Lipinski definition) is 3. The zero-order valence-electron chi connectivity index (χ0n) is 17.3. The van der Waals surface area contributed by atoms with Crippen LogP contribution in [0.4, 0.5) is 0 Å². The molecule has 30 heavy (non-hydrogen) atoms. The van der Waals surface area contributed by atoms with Crippen molar-refractivity contribution in [2.75, 3.05) is 5.75 Å². The molecular formula is C24H25NO4S. The molecule has 3 aromatic rings. The molecule has 0 radical (unpaired) electrons. The number of aliphatic carboxylic acids is 2. The van der Waals surface area contributed by atoms with Crippen molar-refractivity contribution in [3.05, 3.63) is 65.4 Å². The first-order chi connectivity index (χ1) is 14.4. The van der Waals surface area contributed by atoms with Crippen LogP contribution < -0.4 is 0 Å². The minimum absolute atomic E-state index is 0.249. The third-order valence-corrected chi connectivity index (χ3v) is 6.30. The first kappa shape index (κ1) is 21.7. The van der Waals surface area contributed by atoms with E-state index in [1.54, 1.807) is 18.7 Å². The van der Waals surface area contributed by atoms with Crippen molar-refractivity contribution >= 4 is 40.2 Å². The Kier molecular flexibility index (Phi) is 6.67.